The fraction of sp³-hybridized carbons (Fsp3) is 0.333. The Bertz CT molecular complexity index is 556. The second-order valence-corrected chi connectivity index (χ2v) is 6.12. The molecule has 0 unspecified atom stereocenters. The van der Waals surface area contributed by atoms with E-state index in [-0.39, 0.29) is 0 Å². The Morgan fingerprint density at radius 3 is 2.19 bits per heavy atom. The molecule has 16 heavy (non-hydrogen) atoms. The van der Waals surface area contributed by atoms with E-state index in [1.165, 1.54) is 4.31 Å². The van der Waals surface area contributed by atoms with Gasteiger partial charge in [-0.2, -0.15) is 0 Å². The molecule has 0 fully saturated rings. The predicted octanol–water partition coefficient (Wildman–Crippen LogP) is 2.39. The number of nitrogens with zero attached hydrogens (tertiary/aromatic N) is 1. The molecule has 0 N–H and O–H groups in total. The van der Waals surface area contributed by atoms with Crippen LogP contribution >= 0.6 is 0 Å². The standard InChI is InChI=1S/C12H13NO2S/c1-9-5-7-10(8-6-9)16(14,15)13-11-3-2-4-12(11)13/h5-8H,2-4H2,1H3. The lowest BCUT2D eigenvalue weighted by molar-refractivity contribution is 0.546. The minimum Gasteiger partial charge on any atom is -0.239 e. The van der Waals surface area contributed by atoms with Gasteiger partial charge in [-0.1, -0.05) is 17.7 Å². The van der Waals surface area contributed by atoms with Crippen LogP contribution in [0.3, 0.4) is 0 Å². The number of sulfonamides is 1. The number of hydrogen-bond donors (Lipinski definition) is 0. The van der Waals surface area contributed by atoms with E-state index in [4.69, 9.17) is 0 Å². The second-order valence-electron chi connectivity index (χ2n) is 4.33. The van der Waals surface area contributed by atoms with Crippen LogP contribution < -0.4 is 0 Å². The summed E-state index contributed by atoms with van der Waals surface area (Å²) in [5.41, 5.74) is 3.13. The van der Waals surface area contributed by atoms with Gasteiger partial charge in [-0.15, -0.1) is 0 Å². The molecule has 1 aromatic rings. The molecule has 4 heteroatoms. The van der Waals surface area contributed by atoms with Crippen LogP contribution in [0.2, 0.25) is 0 Å². The number of aryl methyl sites for hydroxylation is 1. The zero-order valence-electron chi connectivity index (χ0n) is 9.10. The molecule has 84 valence electrons. The Morgan fingerprint density at radius 2 is 1.62 bits per heavy atom. The largest absolute Gasteiger partial charge is 0.268 e. The summed E-state index contributed by atoms with van der Waals surface area (Å²) < 4.78 is 25.9. The third-order valence-corrected chi connectivity index (χ3v) is 4.95. The van der Waals surface area contributed by atoms with E-state index in [1.54, 1.807) is 12.1 Å². The third-order valence-electron chi connectivity index (χ3n) is 3.16. The van der Waals surface area contributed by atoms with Gasteiger partial charge in [0.15, 0.2) is 0 Å². The Kier molecular flexibility index (Phi) is 1.92. The van der Waals surface area contributed by atoms with E-state index in [2.05, 4.69) is 0 Å². The molecule has 0 radical (unpaired) electrons. The first-order chi connectivity index (χ1) is 7.60. The highest BCUT2D eigenvalue weighted by Crippen LogP contribution is 2.48. The molecule has 1 aliphatic heterocycles. The van der Waals surface area contributed by atoms with Gasteiger partial charge in [0.25, 0.3) is 10.0 Å². The molecular formula is C12H13NO2S. The Balaban J connectivity index is 1.92. The molecule has 0 atom stereocenters. The van der Waals surface area contributed by atoms with Crippen molar-refractivity contribution < 1.29 is 8.42 Å². The van der Waals surface area contributed by atoms with Crippen molar-refractivity contribution in [2.45, 2.75) is 31.1 Å². The summed E-state index contributed by atoms with van der Waals surface area (Å²) in [6, 6.07) is 7.03. The van der Waals surface area contributed by atoms with Crippen molar-refractivity contribution in [3.63, 3.8) is 0 Å². The zero-order valence-corrected chi connectivity index (χ0v) is 9.92. The fourth-order valence-electron chi connectivity index (χ4n) is 2.24. The summed E-state index contributed by atoms with van der Waals surface area (Å²) in [6.45, 7) is 1.95. The van der Waals surface area contributed by atoms with Crippen molar-refractivity contribution in [3.8, 4) is 0 Å². The first-order valence-electron chi connectivity index (χ1n) is 5.45. The fourth-order valence-corrected chi connectivity index (χ4v) is 3.86. The molecule has 0 saturated carbocycles. The van der Waals surface area contributed by atoms with Gasteiger partial charge >= 0.3 is 0 Å². The summed E-state index contributed by atoms with van der Waals surface area (Å²) in [4.78, 5) is 0.396. The maximum atomic E-state index is 12.2. The van der Waals surface area contributed by atoms with Gasteiger partial charge < -0.3 is 0 Å². The van der Waals surface area contributed by atoms with Gasteiger partial charge in [-0.25, -0.2) is 12.7 Å². The molecule has 0 spiro atoms. The van der Waals surface area contributed by atoms with E-state index in [0.29, 0.717) is 4.90 Å². The average molecular weight is 235 g/mol. The molecular weight excluding hydrogens is 222 g/mol. The maximum Gasteiger partial charge on any atom is 0.268 e. The Morgan fingerprint density at radius 1 is 1.06 bits per heavy atom. The lowest BCUT2D eigenvalue weighted by Crippen LogP contribution is -2.16. The van der Waals surface area contributed by atoms with Gasteiger partial charge in [0, 0.05) is 0 Å². The summed E-state index contributed by atoms with van der Waals surface area (Å²) in [7, 11) is -3.28. The van der Waals surface area contributed by atoms with E-state index in [0.717, 1.165) is 36.2 Å². The molecule has 1 aliphatic carbocycles. The van der Waals surface area contributed by atoms with E-state index in [9.17, 15) is 8.42 Å². The number of piperidine rings is 1. The van der Waals surface area contributed by atoms with Crippen LogP contribution in [0.5, 0.6) is 0 Å². The summed E-state index contributed by atoms with van der Waals surface area (Å²) in [5, 5.41) is 0. The third kappa shape index (κ3) is 1.29. The van der Waals surface area contributed by atoms with Crippen molar-refractivity contribution in [3.05, 3.63) is 41.2 Å². The quantitative estimate of drug-likeness (QED) is 0.789. The van der Waals surface area contributed by atoms with Gasteiger partial charge in [-0.3, -0.25) is 0 Å². The lowest BCUT2D eigenvalue weighted by atomic mass is 10.2. The van der Waals surface area contributed by atoms with Crippen molar-refractivity contribution in [2.75, 3.05) is 0 Å². The van der Waals surface area contributed by atoms with Crippen molar-refractivity contribution >= 4 is 10.0 Å². The summed E-state index contributed by atoms with van der Waals surface area (Å²) in [6.07, 6.45) is 2.94. The molecule has 1 heterocycles. The Labute approximate surface area is 95.4 Å². The zero-order chi connectivity index (χ0) is 11.3. The molecule has 0 aromatic heterocycles. The van der Waals surface area contributed by atoms with Gasteiger partial charge in [0.05, 0.1) is 16.3 Å². The second kappa shape index (κ2) is 3.10. The Hall–Kier alpha value is -1.29. The number of benzene rings is 1. The average Bonchev–Trinajstić information content (AvgIpc) is 2.77. The van der Waals surface area contributed by atoms with Gasteiger partial charge in [-0.05, 0) is 38.3 Å². The highest BCUT2D eigenvalue weighted by atomic mass is 32.2. The molecule has 2 aliphatic rings. The molecule has 1 aromatic carbocycles. The lowest BCUT2D eigenvalue weighted by Gasteiger charge is -2.12. The number of rotatable bonds is 2. The molecule has 0 bridgehead atoms. The van der Waals surface area contributed by atoms with Crippen LogP contribution in [0.4, 0.5) is 0 Å². The van der Waals surface area contributed by atoms with Crippen molar-refractivity contribution in [1.29, 1.82) is 0 Å². The number of hydrogen-bond acceptors (Lipinski definition) is 2. The smallest absolute Gasteiger partial charge is 0.239 e. The molecule has 3 nitrogen and oxygen atoms in total. The summed E-state index contributed by atoms with van der Waals surface area (Å²) in [5.74, 6) is 0. The predicted molar refractivity (Wildman–Crippen MR) is 61.1 cm³/mol. The van der Waals surface area contributed by atoms with Crippen LogP contribution in [0.1, 0.15) is 24.8 Å². The van der Waals surface area contributed by atoms with Crippen LogP contribution in [0.25, 0.3) is 0 Å². The van der Waals surface area contributed by atoms with Crippen LogP contribution in [-0.4, -0.2) is 12.7 Å². The first kappa shape index (κ1) is 9.90. The van der Waals surface area contributed by atoms with Gasteiger partial charge in [0.1, 0.15) is 0 Å². The van der Waals surface area contributed by atoms with Crippen LogP contribution in [-0.2, 0) is 10.0 Å². The minimum absolute atomic E-state index is 0.396. The van der Waals surface area contributed by atoms with E-state index in [1.807, 2.05) is 19.1 Å². The van der Waals surface area contributed by atoms with E-state index >= 15 is 0 Å². The summed E-state index contributed by atoms with van der Waals surface area (Å²) >= 11 is 0. The van der Waals surface area contributed by atoms with Crippen molar-refractivity contribution in [2.24, 2.45) is 0 Å². The highest BCUT2D eigenvalue weighted by molar-refractivity contribution is 7.89. The number of allylic oxidation sites excluding steroid dienone is 2. The van der Waals surface area contributed by atoms with Crippen LogP contribution in [0, 0.1) is 6.92 Å². The normalized spacial score (nSPS) is 18.9. The topological polar surface area (TPSA) is 37.1 Å². The highest BCUT2D eigenvalue weighted by Gasteiger charge is 2.45. The van der Waals surface area contributed by atoms with E-state index < -0.39 is 10.0 Å². The van der Waals surface area contributed by atoms with Gasteiger partial charge in [0.2, 0.25) is 0 Å². The maximum absolute atomic E-state index is 12.2. The minimum atomic E-state index is -3.28. The molecule has 0 saturated heterocycles. The molecule has 0 amide bonds. The SMILES string of the molecule is Cc1ccc(S(=O)(=O)N2C3=C2CCC3)cc1. The molecule has 3 rings (SSSR count). The van der Waals surface area contributed by atoms with Crippen LogP contribution in [0.15, 0.2) is 40.6 Å². The first-order valence-corrected chi connectivity index (χ1v) is 6.89. The van der Waals surface area contributed by atoms with Crippen molar-refractivity contribution in [1.82, 2.24) is 4.31 Å². The monoisotopic (exact) mass is 235 g/mol.